The fourth-order valence-electron chi connectivity index (χ4n) is 2.73. The highest BCUT2D eigenvalue weighted by molar-refractivity contribution is 5.85. The maximum atomic E-state index is 11.2. The van der Waals surface area contributed by atoms with Gasteiger partial charge in [0.05, 0.1) is 23.8 Å². The average Bonchev–Trinajstić information content (AvgIpc) is 2.82. The van der Waals surface area contributed by atoms with E-state index in [2.05, 4.69) is 11.9 Å². The van der Waals surface area contributed by atoms with Crippen LogP contribution in [0.5, 0.6) is 0 Å². The van der Waals surface area contributed by atoms with Crippen LogP contribution in [0.4, 0.5) is 0 Å². The Morgan fingerprint density at radius 3 is 2.26 bits per heavy atom. The number of hydrogen-bond acceptors (Lipinski definition) is 4. The molecule has 1 saturated heterocycles. The van der Waals surface area contributed by atoms with Gasteiger partial charge in [0.1, 0.15) is 0 Å². The number of oxazole rings is 1. The van der Waals surface area contributed by atoms with Crippen LogP contribution < -0.4 is 0 Å². The number of carboxylic acid groups (broad SMARTS) is 1. The lowest BCUT2D eigenvalue weighted by Crippen LogP contribution is -2.15. The highest BCUT2D eigenvalue weighted by atomic mass is 16.5. The molecule has 2 rings (SSSR count). The molecule has 0 aromatic carbocycles. The van der Waals surface area contributed by atoms with Crippen molar-refractivity contribution in [2.24, 2.45) is 5.92 Å². The third-order valence-electron chi connectivity index (χ3n) is 3.94. The zero-order valence-electron chi connectivity index (χ0n) is 12.0. The number of aromatic nitrogens is 1. The Kier molecular flexibility index (Phi) is 3.67. The van der Waals surface area contributed by atoms with Gasteiger partial charge in [0.25, 0.3) is 0 Å². The van der Waals surface area contributed by atoms with Crippen molar-refractivity contribution in [1.82, 2.24) is 4.98 Å². The molecular formula is C14H21NO4. The molecule has 0 amide bonds. The number of ether oxygens (including phenoxy) is 1. The molecule has 106 valence electrons. The molecule has 4 atom stereocenters. The fourth-order valence-corrected chi connectivity index (χ4v) is 2.73. The van der Waals surface area contributed by atoms with Gasteiger partial charge in [-0.05, 0) is 25.7 Å². The second-order valence-electron chi connectivity index (χ2n) is 5.66. The normalized spacial score (nSPS) is 31.1. The van der Waals surface area contributed by atoms with Gasteiger partial charge in [-0.25, -0.2) is 9.78 Å². The molecule has 0 aliphatic carbocycles. The molecule has 1 aromatic rings. The molecule has 0 saturated carbocycles. The summed E-state index contributed by atoms with van der Waals surface area (Å²) in [6.45, 7) is 9.90. The molecule has 1 N–H and O–H groups in total. The zero-order valence-corrected chi connectivity index (χ0v) is 12.0. The maximum Gasteiger partial charge on any atom is 0.373 e. The van der Waals surface area contributed by atoms with E-state index in [4.69, 9.17) is 9.15 Å². The predicted molar refractivity (Wildman–Crippen MR) is 69.5 cm³/mol. The summed E-state index contributed by atoms with van der Waals surface area (Å²) in [5.41, 5.74) is 0.515. The minimum Gasteiger partial charge on any atom is -0.475 e. The van der Waals surface area contributed by atoms with E-state index < -0.39 is 5.97 Å². The van der Waals surface area contributed by atoms with Gasteiger partial charge in [0.15, 0.2) is 0 Å². The van der Waals surface area contributed by atoms with Crippen LogP contribution in [-0.2, 0) is 4.74 Å². The Labute approximate surface area is 113 Å². The second kappa shape index (κ2) is 4.96. The van der Waals surface area contributed by atoms with Crippen molar-refractivity contribution in [1.29, 1.82) is 0 Å². The predicted octanol–water partition coefficient (Wildman–Crippen LogP) is 3.02. The Morgan fingerprint density at radius 1 is 1.26 bits per heavy atom. The van der Waals surface area contributed by atoms with E-state index in [0.717, 1.165) is 0 Å². The molecule has 1 aliphatic heterocycles. The van der Waals surface area contributed by atoms with Crippen LogP contribution >= 0.6 is 0 Å². The van der Waals surface area contributed by atoms with Gasteiger partial charge in [0.2, 0.25) is 11.7 Å². The topological polar surface area (TPSA) is 72.6 Å². The minimum atomic E-state index is -1.06. The van der Waals surface area contributed by atoms with E-state index in [1.54, 1.807) is 0 Å². The lowest BCUT2D eigenvalue weighted by Gasteiger charge is -2.13. The van der Waals surface area contributed by atoms with Crippen molar-refractivity contribution < 1.29 is 19.1 Å². The Morgan fingerprint density at radius 2 is 1.89 bits per heavy atom. The third kappa shape index (κ3) is 2.39. The van der Waals surface area contributed by atoms with E-state index >= 15 is 0 Å². The van der Waals surface area contributed by atoms with Crippen LogP contribution in [0.1, 0.15) is 68.6 Å². The van der Waals surface area contributed by atoms with Crippen LogP contribution in [0.25, 0.3) is 0 Å². The standard InChI is InChI=1S/C14H21NO4/c1-6(2)11-12(14(16)17)19-13(15-11)10-7(3)8(4)18-9(10)5/h6-10H,1-5H3,(H,16,17). The van der Waals surface area contributed by atoms with Gasteiger partial charge < -0.3 is 14.3 Å². The quantitative estimate of drug-likeness (QED) is 0.911. The van der Waals surface area contributed by atoms with E-state index in [1.807, 2.05) is 27.7 Å². The molecular weight excluding hydrogens is 246 g/mol. The highest BCUT2D eigenvalue weighted by Crippen LogP contribution is 2.40. The van der Waals surface area contributed by atoms with Gasteiger partial charge in [0, 0.05) is 0 Å². The first kappa shape index (κ1) is 14.1. The first-order valence-electron chi connectivity index (χ1n) is 6.72. The lowest BCUT2D eigenvalue weighted by molar-refractivity contribution is 0.0539. The Balaban J connectivity index is 2.41. The Hall–Kier alpha value is -1.36. The maximum absolute atomic E-state index is 11.2. The summed E-state index contributed by atoms with van der Waals surface area (Å²) in [5, 5.41) is 9.19. The van der Waals surface area contributed by atoms with Crippen molar-refractivity contribution in [2.45, 2.75) is 58.7 Å². The van der Waals surface area contributed by atoms with Crippen LogP contribution in [0.3, 0.4) is 0 Å². The molecule has 19 heavy (non-hydrogen) atoms. The first-order valence-corrected chi connectivity index (χ1v) is 6.72. The van der Waals surface area contributed by atoms with E-state index in [0.29, 0.717) is 11.6 Å². The van der Waals surface area contributed by atoms with Crippen LogP contribution in [0.15, 0.2) is 4.42 Å². The third-order valence-corrected chi connectivity index (χ3v) is 3.94. The molecule has 0 bridgehead atoms. The van der Waals surface area contributed by atoms with Gasteiger partial charge in [-0.3, -0.25) is 0 Å². The monoisotopic (exact) mass is 267 g/mol. The molecule has 0 spiro atoms. The minimum absolute atomic E-state index is 0.00897. The number of carbonyl (C=O) groups is 1. The molecule has 1 fully saturated rings. The van der Waals surface area contributed by atoms with Gasteiger partial charge >= 0.3 is 5.97 Å². The second-order valence-corrected chi connectivity index (χ2v) is 5.66. The summed E-state index contributed by atoms with van der Waals surface area (Å²) in [7, 11) is 0. The van der Waals surface area contributed by atoms with E-state index in [-0.39, 0.29) is 35.7 Å². The van der Waals surface area contributed by atoms with Crippen LogP contribution in [0.2, 0.25) is 0 Å². The van der Waals surface area contributed by atoms with Gasteiger partial charge in [-0.1, -0.05) is 20.8 Å². The molecule has 1 aromatic heterocycles. The largest absolute Gasteiger partial charge is 0.475 e. The highest BCUT2D eigenvalue weighted by Gasteiger charge is 2.41. The SMILES string of the molecule is CC(C)c1nc(C2C(C)OC(C)C2C)oc1C(=O)O. The molecule has 1 aliphatic rings. The molecule has 5 heteroatoms. The van der Waals surface area contributed by atoms with Crippen LogP contribution in [0, 0.1) is 5.92 Å². The summed E-state index contributed by atoms with van der Waals surface area (Å²) in [4.78, 5) is 15.6. The summed E-state index contributed by atoms with van der Waals surface area (Å²) < 4.78 is 11.3. The van der Waals surface area contributed by atoms with Crippen molar-refractivity contribution in [3.63, 3.8) is 0 Å². The number of hydrogen-bond donors (Lipinski definition) is 1. The first-order chi connectivity index (χ1) is 8.82. The zero-order chi connectivity index (χ0) is 14.3. The van der Waals surface area contributed by atoms with Gasteiger partial charge in [-0.15, -0.1) is 0 Å². The molecule has 2 heterocycles. The number of nitrogens with zero attached hydrogens (tertiary/aromatic N) is 1. The Bertz CT molecular complexity index is 480. The number of aromatic carboxylic acids is 1. The lowest BCUT2D eigenvalue weighted by atomic mass is 9.89. The number of rotatable bonds is 3. The van der Waals surface area contributed by atoms with Crippen molar-refractivity contribution >= 4 is 5.97 Å². The van der Waals surface area contributed by atoms with E-state index in [1.165, 1.54) is 0 Å². The summed E-state index contributed by atoms with van der Waals surface area (Å²) in [6, 6.07) is 0. The molecule has 0 radical (unpaired) electrons. The summed E-state index contributed by atoms with van der Waals surface area (Å²) in [5.74, 6) is -0.311. The van der Waals surface area contributed by atoms with Crippen molar-refractivity contribution in [3.8, 4) is 0 Å². The van der Waals surface area contributed by atoms with Crippen molar-refractivity contribution in [3.05, 3.63) is 17.3 Å². The van der Waals surface area contributed by atoms with Gasteiger partial charge in [-0.2, -0.15) is 0 Å². The summed E-state index contributed by atoms with van der Waals surface area (Å²) in [6.07, 6.45) is 0.119. The number of carboxylic acids is 1. The molecule has 5 nitrogen and oxygen atoms in total. The van der Waals surface area contributed by atoms with Crippen LogP contribution in [-0.4, -0.2) is 28.3 Å². The summed E-state index contributed by atoms with van der Waals surface area (Å²) >= 11 is 0. The van der Waals surface area contributed by atoms with E-state index in [9.17, 15) is 9.90 Å². The fraction of sp³-hybridized carbons (Fsp3) is 0.714. The smallest absolute Gasteiger partial charge is 0.373 e. The van der Waals surface area contributed by atoms with Crippen molar-refractivity contribution in [2.75, 3.05) is 0 Å². The average molecular weight is 267 g/mol. The molecule has 4 unspecified atom stereocenters.